The van der Waals surface area contributed by atoms with E-state index in [1.54, 1.807) is 6.92 Å². The van der Waals surface area contributed by atoms with Crippen molar-refractivity contribution in [3.63, 3.8) is 0 Å². The first-order valence-corrected chi connectivity index (χ1v) is 4.82. The molecule has 2 atom stereocenters. The van der Waals surface area contributed by atoms with Crippen molar-refractivity contribution in [2.24, 2.45) is 17.6 Å². The summed E-state index contributed by atoms with van der Waals surface area (Å²) in [4.78, 5) is 11.2. The maximum atomic E-state index is 11.2. The van der Waals surface area contributed by atoms with Crippen molar-refractivity contribution in [1.82, 2.24) is 0 Å². The van der Waals surface area contributed by atoms with Crippen LogP contribution in [0.3, 0.4) is 0 Å². The SMILES string of the molecule is CC(C#N)CCC(=O)OC(N)C(C)C. The zero-order valence-electron chi connectivity index (χ0n) is 8.99. The predicted octanol–water partition coefficient (Wildman–Crippen LogP) is 1.41. The quantitative estimate of drug-likeness (QED) is 0.535. The van der Waals surface area contributed by atoms with Gasteiger partial charge in [0.25, 0.3) is 0 Å². The molecule has 14 heavy (non-hydrogen) atoms. The van der Waals surface area contributed by atoms with Crippen molar-refractivity contribution in [1.29, 1.82) is 5.26 Å². The Labute approximate surface area is 85.0 Å². The average molecular weight is 198 g/mol. The Morgan fingerprint density at radius 2 is 2.07 bits per heavy atom. The number of hydrogen-bond acceptors (Lipinski definition) is 4. The first-order valence-electron chi connectivity index (χ1n) is 4.82. The van der Waals surface area contributed by atoms with Gasteiger partial charge in [0.15, 0.2) is 6.23 Å². The molecule has 2 unspecified atom stereocenters. The molecule has 0 aliphatic carbocycles. The van der Waals surface area contributed by atoms with Crippen LogP contribution >= 0.6 is 0 Å². The van der Waals surface area contributed by atoms with Gasteiger partial charge in [0.1, 0.15) is 0 Å². The lowest BCUT2D eigenvalue weighted by molar-refractivity contribution is -0.151. The Bertz CT molecular complexity index is 221. The molecule has 0 heterocycles. The fraction of sp³-hybridized carbons (Fsp3) is 0.800. The lowest BCUT2D eigenvalue weighted by Crippen LogP contribution is -2.32. The van der Waals surface area contributed by atoms with E-state index in [0.717, 1.165) is 0 Å². The third-order valence-corrected chi connectivity index (χ3v) is 1.93. The van der Waals surface area contributed by atoms with Crippen LogP contribution in [0.15, 0.2) is 0 Å². The molecular weight excluding hydrogens is 180 g/mol. The van der Waals surface area contributed by atoms with Crippen molar-refractivity contribution < 1.29 is 9.53 Å². The van der Waals surface area contributed by atoms with Crippen molar-refractivity contribution in [2.75, 3.05) is 0 Å². The predicted molar refractivity (Wildman–Crippen MR) is 52.9 cm³/mol. The Balaban J connectivity index is 3.72. The second-order valence-corrected chi connectivity index (χ2v) is 3.77. The molecule has 0 amide bonds. The third-order valence-electron chi connectivity index (χ3n) is 1.93. The monoisotopic (exact) mass is 198 g/mol. The summed E-state index contributed by atoms with van der Waals surface area (Å²) in [6.45, 7) is 5.54. The van der Waals surface area contributed by atoms with E-state index in [-0.39, 0.29) is 24.2 Å². The van der Waals surface area contributed by atoms with Crippen LogP contribution in [0.4, 0.5) is 0 Å². The van der Waals surface area contributed by atoms with Gasteiger partial charge in [-0.05, 0) is 13.3 Å². The van der Waals surface area contributed by atoms with Gasteiger partial charge in [-0.15, -0.1) is 0 Å². The van der Waals surface area contributed by atoms with Crippen LogP contribution in [0.25, 0.3) is 0 Å². The molecule has 0 aliphatic rings. The van der Waals surface area contributed by atoms with E-state index in [1.165, 1.54) is 0 Å². The van der Waals surface area contributed by atoms with Gasteiger partial charge >= 0.3 is 5.97 Å². The van der Waals surface area contributed by atoms with Crippen LogP contribution in [0.1, 0.15) is 33.6 Å². The van der Waals surface area contributed by atoms with Crippen LogP contribution in [0.5, 0.6) is 0 Å². The summed E-state index contributed by atoms with van der Waals surface area (Å²) in [6, 6.07) is 2.06. The van der Waals surface area contributed by atoms with E-state index in [9.17, 15) is 4.79 Å². The fourth-order valence-corrected chi connectivity index (χ4v) is 0.746. The van der Waals surface area contributed by atoms with E-state index in [0.29, 0.717) is 6.42 Å². The van der Waals surface area contributed by atoms with Crippen molar-refractivity contribution >= 4 is 5.97 Å². The number of nitriles is 1. The summed E-state index contributed by atoms with van der Waals surface area (Å²) in [5, 5.41) is 8.49. The first-order chi connectivity index (χ1) is 6.47. The standard InChI is InChI=1S/C10H18N2O2/c1-7(2)10(12)14-9(13)5-4-8(3)6-11/h7-8,10H,4-5,12H2,1-3H3. The molecule has 0 aromatic heterocycles. The molecule has 0 rings (SSSR count). The van der Waals surface area contributed by atoms with Crippen molar-refractivity contribution in [3.8, 4) is 6.07 Å². The van der Waals surface area contributed by atoms with Gasteiger partial charge in [-0.3, -0.25) is 10.5 Å². The van der Waals surface area contributed by atoms with Crippen molar-refractivity contribution in [3.05, 3.63) is 0 Å². The van der Waals surface area contributed by atoms with E-state index >= 15 is 0 Å². The Morgan fingerprint density at radius 1 is 1.50 bits per heavy atom. The summed E-state index contributed by atoms with van der Waals surface area (Å²) in [7, 11) is 0. The highest BCUT2D eigenvalue weighted by atomic mass is 16.6. The Hall–Kier alpha value is -1.08. The molecular formula is C10H18N2O2. The second kappa shape index (κ2) is 6.39. The number of esters is 1. The normalized spacial score (nSPS) is 14.6. The molecule has 0 bridgehead atoms. The summed E-state index contributed by atoms with van der Waals surface area (Å²) in [6.07, 6.45) is 0.245. The zero-order valence-corrected chi connectivity index (χ0v) is 8.99. The second-order valence-electron chi connectivity index (χ2n) is 3.77. The average Bonchev–Trinajstić information content (AvgIpc) is 2.13. The number of rotatable bonds is 5. The largest absolute Gasteiger partial charge is 0.447 e. The highest BCUT2D eigenvalue weighted by Crippen LogP contribution is 2.07. The van der Waals surface area contributed by atoms with Gasteiger partial charge in [0.2, 0.25) is 0 Å². The maximum Gasteiger partial charge on any atom is 0.307 e. The summed E-state index contributed by atoms with van der Waals surface area (Å²) in [5.74, 6) is -0.321. The van der Waals surface area contributed by atoms with E-state index in [4.69, 9.17) is 15.7 Å². The van der Waals surface area contributed by atoms with Gasteiger partial charge in [-0.2, -0.15) is 5.26 Å². The van der Waals surface area contributed by atoms with Crippen LogP contribution in [0, 0.1) is 23.2 Å². The van der Waals surface area contributed by atoms with Gasteiger partial charge in [0, 0.05) is 18.3 Å². The number of nitrogens with two attached hydrogens (primary N) is 1. The minimum Gasteiger partial charge on any atom is -0.447 e. The van der Waals surface area contributed by atoms with Crippen LogP contribution in [-0.4, -0.2) is 12.2 Å². The van der Waals surface area contributed by atoms with E-state index in [1.807, 2.05) is 13.8 Å². The first kappa shape index (κ1) is 12.9. The summed E-state index contributed by atoms with van der Waals surface area (Å²) in [5.41, 5.74) is 5.55. The molecule has 0 fully saturated rings. The van der Waals surface area contributed by atoms with E-state index in [2.05, 4.69) is 6.07 Å². The summed E-state index contributed by atoms with van der Waals surface area (Å²) >= 11 is 0. The minimum atomic E-state index is -0.542. The lowest BCUT2D eigenvalue weighted by Gasteiger charge is -2.16. The van der Waals surface area contributed by atoms with Crippen molar-refractivity contribution in [2.45, 2.75) is 39.8 Å². The van der Waals surface area contributed by atoms with Gasteiger partial charge < -0.3 is 4.74 Å². The number of carbonyl (C=O) groups excluding carboxylic acids is 1. The highest BCUT2D eigenvalue weighted by Gasteiger charge is 2.13. The summed E-state index contributed by atoms with van der Waals surface area (Å²) < 4.78 is 4.94. The topological polar surface area (TPSA) is 76.1 Å². The van der Waals surface area contributed by atoms with Crippen LogP contribution in [-0.2, 0) is 9.53 Å². The highest BCUT2D eigenvalue weighted by molar-refractivity contribution is 5.69. The molecule has 0 saturated heterocycles. The molecule has 0 radical (unpaired) electrons. The van der Waals surface area contributed by atoms with Crippen LogP contribution < -0.4 is 5.73 Å². The molecule has 80 valence electrons. The van der Waals surface area contributed by atoms with Crippen LogP contribution in [0.2, 0.25) is 0 Å². The number of nitrogens with zero attached hydrogens (tertiary/aromatic N) is 1. The molecule has 0 aliphatic heterocycles. The molecule has 4 heteroatoms. The number of carbonyl (C=O) groups is 1. The third kappa shape index (κ3) is 5.55. The zero-order chi connectivity index (χ0) is 11.1. The van der Waals surface area contributed by atoms with Gasteiger partial charge in [-0.1, -0.05) is 13.8 Å². The molecule has 0 aromatic rings. The smallest absolute Gasteiger partial charge is 0.307 e. The Morgan fingerprint density at radius 3 is 2.50 bits per heavy atom. The van der Waals surface area contributed by atoms with E-state index < -0.39 is 6.23 Å². The molecule has 2 N–H and O–H groups in total. The van der Waals surface area contributed by atoms with Gasteiger partial charge in [-0.25, -0.2) is 0 Å². The number of ether oxygens (including phenoxy) is 1. The van der Waals surface area contributed by atoms with Gasteiger partial charge in [0.05, 0.1) is 6.07 Å². The lowest BCUT2D eigenvalue weighted by atomic mass is 10.1. The fourth-order valence-electron chi connectivity index (χ4n) is 0.746. The number of hydrogen-bond donors (Lipinski definition) is 1. The molecule has 4 nitrogen and oxygen atoms in total. The minimum absolute atomic E-state index is 0.113. The molecule has 0 aromatic carbocycles. The Kier molecular flexibility index (Phi) is 5.89. The molecule has 0 saturated carbocycles. The molecule has 0 spiro atoms. The maximum absolute atomic E-state index is 11.2.